The lowest BCUT2D eigenvalue weighted by molar-refractivity contribution is 0.405. The highest BCUT2D eigenvalue weighted by Crippen LogP contribution is 2.15. The molecule has 0 radical (unpaired) electrons. The number of rotatable bonds is 10. The third-order valence-corrected chi connectivity index (χ3v) is 6.64. The van der Waals surface area contributed by atoms with Gasteiger partial charge in [0.15, 0.2) is 8.32 Å². The minimum absolute atomic E-state index is 0.848. The molecule has 0 saturated heterocycles. The van der Waals surface area contributed by atoms with Gasteiger partial charge in [-0.3, -0.25) is 0 Å². The van der Waals surface area contributed by atoms with E-state index in [0.29, 0.717) is 0 Å². The molecule has 0 aromatic carbocycles. The summed E-state index contributed by atoms with van der Waals surface area (Å²) in [5.74, 6) is 2.57. The van der Waals surface area contributed by atoms with Gasteiger partial charge in [-0.25, -0.2) is 0 Å². The summed E-state index contributed by atoms with van der Waals surface area (Å²) in [6.07, 6.45) is 5.18. The summed E-state index contributed by atoms with van der Waals surface area (Å²) >= 11 is 2.08. The molecule has 0 aromatic heterocycles. The molecule has 0 heterocycles. The zero-order valence-electron chi connectivity index (χ0n) is 10.6. The predicted octanol–water partition coefficient (Wildman–Crippen LogP) is 3.09. The molecule has 2 N–H and O–H groups in total. The number of nitrogens with two attached hydrogens (primary N) is 1. The van der Waals surface area contributed by atoms with E-state index in [9.17, 15) is 0 Å². The molecule has 0 aliphatic carbocycles. The van der Waals surface area contributed by atoms with Crippen molar-refractivity contribution in [1.82, 2.24) is 0 Å². The molecule has 0 saturated carbocycles. The lowest BCUT2D eigenvalue weighted by Crippen LogP contribution is -2.28. The van der Waals surface area contributed by atoms with Crippen molar-refractivity contribution in [1.29, 1.82) is 0 Å². The van der Waals surface area contributed by atoms with Crippen LogP contribution in [-0.2, 0) is 4.43 Å². The molecule has 0 unspecified atom stereocenters. The first kappa shape index (κ1) is 15.5. The summed E-state index contributed by atoms with van der Waals surface area (Å²) in [6, 6.07) is 1.27. The first-order chi connectivity index (χ1) is 7.12. The number of thioether (sulfide) groups is 1. The van der Waals surface area contributed by atoms with E-state index in [4.69, 9.17) is 10.2 Å². The summed E-state index contributed by atoms with van der Waals surface area (Å²) in [5, 5.41) is 0. The first-order valence-electron chi connectivity index (χ1n) is 5.95. The van der Waals surface area contributed by atoms with E-state index in [0.717, 1.165) is 6.54 Å². The van der Waals surface area contributed by atoms with Gasteiger partial charge in [-0.05, 0) is 50.0 Å². The van der Waals surface area contributed by atoms with E-state index in [1.54, 1.807) is 0 Å². The molecule has 15 heavy (non-hydrogen) atoms. The van der Waals surface area contributed by atoms with Crippen LogP contribution in [0, 0.1) is 0 Å². The summed E-state index contributed by atoms with van der Waals surface area (Å²) < 4.78 is 5.51. The Morgan fingerprint density at radius 2 is 1.73 bits per heavy atom. The van der Waals surface area contributed by atoms with Crippen LogP contribution < -0.4 is 5.73 Å². The number of hydrogen-bond donors (Lipinski definition) is 1. The lowest BCUT2D eigenvalue weighted by atomic mass is 10.2. The van der Waals surface area contributed by atoms with Gasteiger partial charge < -0.3 is 10.2 Å². The van der Waals surface area contributed by atoms with Crippen LogP contribution in [-0.4, -0.2) is 33.5 Å². The minimum Gasteiger partial charge on any atom is -0.420 e. The Balaban J connectivity index is 3.11. The maximum atomic E-state index is 5.51. The average molecular weight is 249 g/mol. The van der Waals surface area contributed by atoms with Crippen molar-refractivity contribution >= 4 is 20.1 Å². The van der Waals surface area contributed by atoms with Gasteiger partial charge in [0.05, 0.1) is 0 Å². The quantitative estimate of drug-likeness (QED) is 0.477. The highest BCUT2D eigenvalue weighted by Gasteiger charge is 2.19. The molecule has 0 atom stereocenters. The summed E-state index contributed by atoms with van der Waals surface area (Å²) in [5.41, 5.74) is 5.44. The molecule has 0 amide bonds. The number of hydrogen-bond acceptors (Lipinski definition) is 3. The smallest absolute Gasteiger partial charge is 0.187 e. The van der Waals surface area contributed by atoms with Gasteiger partial charge >= 0.3 is 0 Å². The molecular formula is C11H27NOSSi. The minimum atomic E-state index is -1.30. The zero-order chi connectivity index (χ0) is 11.6. The Labute approximate surface area is 100 Å². The second-order valence-electron chi connectivity index (χ2n) is 4.53. The lowest BCUT2D eigenvalue weighted by Gasteiger charge is -2.19. The fourth-order valence-corrected chi connectivity index (χ4v) is 4.58. The first-order valence-corrected chi connectivity index (χ1v) is 10.2. The van der Waals surface area contributed by atoms with Crippen LogP contribution >= 0.6 is 11.8 Å². The third kappa shape index (κ3) is 10.8. The average Bonchev–Trinajstić information content (AvgIpc) is 2.22. The largest absolute Gasteiger partial charge is 0.420 e. The Bertz CT molecular complexity index is 145. The van der Waals surface area contributed by atoms with E-state index in [-0.39, 0.29) is 0 Å². The molecule has 2 nitrogen and oxygen atoms in total. The van der Waals surface area contributed by atoms with Gasteiger partial charge in [-0.1, -0.05) is 12.8 Å². The van der Waals surface area contributed by atoms with Gasteiger partial charge in [0, 0.05) is 7.11 Å². The van der Waals surface area contributed by atoms with Crippen molar-refractivity contribution < 1.29 is 4.43 Å². The molecule has 4 heteroatoms. The van der Waals surface area contributed by atoms with Gasteiger partial charge in [-0.2, -0.15) is 11.8 Å². The van der Waals surface area contributed by atoms with Gasteiger partial charge in [0.1, 0.15) is 0 Å². The molecule has 0 bridgehead atoms. The van der Waals surface area contributed by atoms with E-state index in [1.807, 2.05) is 7.11 Å². The van der Waals surface area contributed by atoms with Crippen molar-refractivity contribution in [2.45, 2.75) is 44.8 Å². The normalized spacial score (nSPS) is 12.0. The molecular weight excluding hydrogens is 222 g/mol. The summed E-state index contributed by atoms with van der Waals surface area (Å²) in [4.78, 5) is 0. The van der Waals surface area contributed by atoms with Crippen LogP contribution in [0.5, 0.6) is 0 Å². The molecule has 0 aliphatic rings. The summed E-state index contributed by atoms with van der Waals surface area (Å²) in [6.45, 7) is 5.42. The maximum Gasteiger partial charge on any atom is 0.187 e. The van der Waals surface area contributed by atoms with E-state index in [1.165, 1.54) is 43.2 Å². The van der Waals surface area contributed by atoms with Crippen molar-refractivity contribution in [3.63, 3.8) is 0 Å². The van der Waals surface area contributed by atoms with Crippen LogP contribution in [0.4, 0.5) is 0 Å². The number of unbranched alkanes of at least 4 members (excludes halogenated alkanes) is 3. The Morgan fingerprint density at radius 1 is 1.07 bits per heavy atom. The highest BCUT2D eigenvalue weighted by molar-refractivity contribution is 7.99. The monoisotopic (exact) mass is 249 g/mol. The van der Waals surface area contributed by atoms with Crippen LogP contribution in [0.3, 0.4) is 0 Å². The fourth-order valence-electron chi connectivity index (χ4n) is 1.22. The Hall–Kier alpha value is 0.487. The van der Waals surface area contributed by atoms with E-state index >= 15 is 0 Å². The fraction of sp³-hybridized carbons (Fsp3) is 1.00. The molecule has 0 aromatic rings. The Morgan fingerprint density at radius 3 is 2.33 bits per heavy atom. The van der Waals surface area contributed by atoms with Crippen molar-refractivity contribution in [3.8, 4) is 0 Å². The van der Waals surface area contributed by atoms with E-state index in [2.05, 4.69) is 24.9 Å². The predicted molar refractivity (Wildman–Crippen MR) is 74.1 cm³/mol. The Kier molecular flexibility index (Phi) is 10.0. The second kappa shape index (κ2) is 9.69. The van der Waals surface area contributed by atoms with Crippen molar-refractivity contribution in [2.24, 2.45) is 5.73 Å². The van der Waals surface area contributed by atoms with Gasteiger partial charge in [-0.15, -0.1) is 0 Å². The topological polar surface area (TPSA) is 35.2 Å². The SMILES string of the molecule is CO[Si](C)(C)CCSCCCCCCN. The van der Waals surface area contributed by atoms with Crippen molar-refractivity contribution in [3.05, 3.63) is 0 Å². The molecule has 92 valence electrons. The van der Waals surface area contributed by atoms with Crippen LogP contribution in [0.15, 0.2) is 0 Å². The molecule has 0 spiro atoms. The van der Waals surface area contributed by atoms with E-state index < -0.39 is 8.32 Å². The van der Waals surface area contributed by atoms with Crippen molar-refractivity contribution in [2.75, 3.05) is 25.2 Å². The maximum absolute atomic E-state index is 5.51. The van der Waals surface area contributed by atoms with Crippen LogP contribution in [0.1, 0.15) is 25.7 Å². The standard InChI is InChI=1S/C11H27NOSSi/c1-13-15(2,3)11-10-14-9-7-5-4-6-8-12/h4-12H2,1-3H3. The zero-order valence-corrected chi connectivity index (χ0v) is 12.4. The van der Waals surface area contributed by atoms with Gasteiger partial charge in [0.2, 0.25) is 0 Å². The van der Waals surface area contributed by atoms with Crippen LogP contribution in [0.2, 0.25) is 19.1 Å². The van der Waals surface area contributed by atoms with Crippen LogP contribution in [0.25, 0.3) is 0 Å². The molecule has 0 fully saturated rings. The molecule has 0 aliphatic heterocycles. The third-order valence-electron chi connectivity index (χ3n) is 2.64. The van der Waals surface area contributed by atoms with Gasteiger partial charge in [0.25, 0.3) is 0 Å². The second-order valence-corrected chi connectivity index (χ2v) is 10.2. The highest BCUT2D eigenvalue weighted by atomic mass is 32.2. The molecule has 0 rings (SSSR count). The summed E-state index contributed by atoms with van der Waals surface area (Å²) in [7, 11) is 0.555.